The predicted octanol–water partition coefficient (Wildman–Crippen LogP) is 2.03. The van der Waals surface area contributed by atoms with Crippen molar-refractivity contribution >= 4 is 0 Å². The van der Waals surface area contributed by atoms with Gasteiger partial charge in [0.15, 0.2) is 0 Å². The maximum absolute atomic E-state index is 4.49. The minimum atomic E-state index is 0.457. The molecule has 1 saturated heterocycles. The Morgan fingerprint density at radius 1 is 1.37 bits per heavy atom. The van der Waals surface area contributed by atoms with Crippen LogP contribution >= 0.6 is 0 Å². The molecule has 4 nitrogen and oxygen atoms in total. The molecule has 2 heterocycles. The first-order chi connectivity index (χ1) is 9.02. The van der Waals surface area contributed by atoms with E-state index in [1.807, 2.05) is 0 Å². The summed E-state index contributed by atoms with van der Waals surface area (Å²) in [6, 6.07) is 2.19. The van der Waals surface area contributed by atoms with Crippen molar-refractivity contribution < 1.29 is 0 Å². The lowest BCUT2D eigenvalue weighted by atomic mass is 9.80. The van der Waals surface area contributed by atoms with Crippen LogP contribution in [0.15, 0.2) is 6.07 Å². The van der Waals surface area contributed by atoms with E-state index in [1.165, 1.54) is 31.6 Å². The number of rotatable bonds is 5. The standard InChI is InChI=1S/C15H28N4/c1-5-19-14(10-13(2)17-19)11-16-12-15(3)6-8-18(4)9-7-15/h10,16H,5-9,11-12H2,1-4H3. The maximum atomic E-state index is 4.49. The van der Waals surface area contributed by atoms with Crippen LogP contribution in [-0.2, 0) is 13.1 Å². The Kier molecular flexibility index (Phi) is 4.63. The zero-order valence-electron chi connectivity index (χ0n) is 12.9. The molecule has 1 aliphatic rings. The van der Waals surface area contributed by atoms with Crippen molar-refractivity contribution in [1.29, 1.82) is 0 Å². The predicted molar refractivity (Wildman–Crippen MR) is 79.2 cm³/mol. The molecule has 0 aromatic carbocycles. The SMILES string of the molecule is CCn1nc(C)cc1CNCC1(C)CCN(C)CC1. The Balaban J connectivity index is 1.82. The number of nitrogens with zero attached hydrogens (tertiary/aromatic N) is 3. The molecular formula is C15H28N4. The summed E-state index contributed by atoms with van der Waals surface area (Å²) in [6.07, 6.45) is 2.59. The first-order valence-electron chi connectivity index (χ1n) is 7.45. The van der Waals surface area contributed by atoms with Crippen LogP contribution in [0.3, 0.4) is 0 Å². The van der Waals surface area contributed by atoms with E-state index in [9.17, 15) is 0 Å². The molecule has 4 heteroatoms. The number of aryl methyl sites for hydroxylation is 2. The Morgan fingerprint density at radius 2 is 2.05 bits per heavy atom. The van der Waals surface area contributed by atoms with E-state index >= 15 is 0 Å². The number of piperidine rings is 1. The van der Waals surface area contributed by atoms with Gasteiger partial charge in [-0.25, -0.2) is 0 Å². The van der Waals surface area contributed by atoms with Gasteiger partial charge < -0.3 is 10.2 Å². The Hall–Kier alpha value is -0.870. The second kappa shape index (κ2) is 6.06. The zero-order valence-corrected chi connectivity index (χ0v) is 12.9. The first kappa shape index (κ1) is 14.5. The molecule has 19 heavy (non-hydrogen) atoms. The summed E-state index contributed by atoms with van der Waals surface area (Å²) in [5.41, 5.74) is 2.87. The molecule has 0 spiro atoms. The van der Waals surface area contributed by atoms with Crippen molar-refractivity contribution in [2.24, 2.45) is 5.41 Å². The fourth-order valence-electron chi connectivity index (χ4n) is 2.84. The molecule has 1 fully saturated rings. The molecule has 0 aliphatic carbocycles. The molecule has 1 aromatic heterocycles. The number of likely N-dealkylation sites (tertiary alicyclic amines) is 1. The molecule has 0 atom stereocenters. The average molecular weight is 264 g/mol. The van der Waals surface area contributed by atoms with E-state index < -0.39 is 0 Å². The van der Waals surface area contributed by atoms with Gasteiger partial charge in [0.2, 0.25) is 0 Å². The Labute approximate surface area is 117 Å². The minimum Gasteiger partial charge on any atom is -0.311 e. The van der Waals surface area contributed by atoms with Gasteiger partial charge in [-0.15, -0.1) is 0 Å². The van der Waals surface area contributed by atoms with Crippen LogP contribution in [0.4, 0.5) is 0 Å². The second-order valence-corrected chi connectivity index (χ2v) is 6.31. The van der Waals surface area contributed by atoms with E-state index in [-0.39, 0.29) is 0 Å². The highest BCUT2D eigenvalue weighted by molar-refractivity contribution is 5.08. The highest BCUT2D eigenvalue weighted by Gasteiger charge is 2.28. The van der Waals surface area contributed by atoms with Crippen molar-refractivity contribution in [2.45, 2.75) is 46.7 Å². The third kappa shape index (κ3) is 3.80. The fraction of sp³-hybridized carbons (Fsp3) is 0.800. The molecule has 0 saturated carbocycles. The number of hydrogen-bond acceptors (Lipinski definition) is 3. The van der Waals surface area contributed by atoms with Gasteiger partial charge >= 0.3 is 0 Å². The molecule has 1 aliphatic heterocycles. The molecule has 2 rings (SSSR count). The van der Waals surface area contributed by atoms with E-state index in [4.69, 9.17) is 0 Å². The van der Waals surface area contributed by atoms with Crippen molar-refractivity contribution in [3.63, 3.8) is 0 Å². The fourth-order valence-corrected chi connectivity index (χ4v) is 2.84. The van der Waals surface area contributed by atoms with E-state index in [2.05, 4.69) is 53.9 Å². The summed E-state index contributed by atoms with van der Waals surface area (Å²) < 4.78 is 2.10. The van der Waals surface area contributed by atoms with Crippen molar-refractivity contribution in [3.8, 4) is 0 Å². The third-order valence-corrected chi connectivity index (χ3v) is 4.34. The molecule has 0 bridgehead atoms. The summed E-state index contributed by atoms with van der Waals surface area (Å²) in [5.74, 6) is 0. The normalized spacial score (nSPS) is 19.8. The number of aromatic nitrogens is 2. The molecule has 0 radical (unpaired) electrons. The molecule has 108 valence electrons. The molecule has 1 aromatic rings. The summed E-state index contributed by atoms with van der Waals surface area (Å²) in [6.45, 7) is 12.1. The van der Waals surface area contributed by atoms with Gasteiger partial charge in [-0.1, -0.05) is 6.92 Å². The van der Waals surface area contributed by atoms with Crippen molar-refractivity contribution in [3.05, 3.63) is 17.5 Å². The van der Waals surface area contributed by atoms with Gasteiger partial charge in [0, 0.05) is 19.6 Å². The first-order valence-corrected chi connectivity index (χ1v) is 7.45. The van der Waals surface area contributed by atoms with E-state index in [0.717, 1.165) is 25.3 Å². The van der Waals surface area contributed by atoms with Gasteiger partial charge in [0.25, 0.3) is 0 Å². The highest BCUT2D eigenvalue weighted by Crippen LogP contribution is 2.29. The van der Waals surface area contributed by atoms with Crippen LogP contribution in [0.25, 0.3) is 0 Å². The molecule has 1 N–H and O–H groups in total. The minimum absolute atomic E-state index is 0.457. The lowest BCUT2D eigenvalue weighted by Crippen LogP contribution is -2.42. The quantitative estimate of drug-likeness (QED) is 0.883. The van der Waals surface area contributed by atoms with E-state index in [1.54, 1.807) is 0 Å². The number of hydrogen-bond donors (Lipinski definition) is 1. The van der Waals surface area contributed by atoms with Crippen molar-refractivity contribution in [2.75, 3.05) is 26.7 Å². The Morgan fingerprint density at radius 3 is 2.68 bits per heavy atom. The van der Waals surface area contributed by atoms with Crippen LogP contribution in [0, 0.1) is 12.3 Å². The summed E-state index contributed by atoms with van der Waals surface area (Å²) in [7, 11) is 2.22. The average Bonchev–Trinajstić information content (AvgIpc) is 2.74. The highest BCUT2D eigenvalue weighted by atomic mass is 15.3. The smallest absolute Gasteiger partial charge is 0.0597 e. The van der Waals surface area contributed by atoms with Gasteiger partial charge in [0.05, 0.1) is 11.4 Å². The lowest BCUT2D eigenvalue weighted by molar-refractivity contribution is 0.136. The third-order valence-electron chi connectivity index (χ3n) is 4.34. The van der Waals surface area contributed by atoms with Crippen LogP contribution in [0.5, 0.6) is 0 Å². The Bertz CT molecular complexity index is 402. The zero-order chi connectivity index (χ0) is 13.9. The monoisotopic (exact) mass is 264 g/mol. The van der Waals surface area contributed by atoms with Gasteiger partial charge in [-0.05, 0) is 58.3 Å². The van der Waals surface area contributed by atoms with Gasteiger partial charge in [-0.3, -0.25) is 4.68 Å². The van der Waals surface area contributed by atoms with Crippen LogP contribution in [0.2, 0.25) is 0 Å². The van der Waals surface area contributed by atoms with Gasteiger partial charge in [0.1, 0.15) is 0 Å². The van der Waals surface area contributed by atoms with Crippen LogP contribution < -0.4 is 5.32 Å². The van der Waals surface area contributed by atoms with Crippen molar-refractivity contribution in [1.82, 2.24) is 20.0 Å². The largest absolute Gasteiger partial charge is 0.311 e. The van der Waals surface area contributed by atoms with Gasteiger partial charge in [-0.2, -0.15) is 5.10 Å². The van der Waals surface area contributed by atoms with E-state index in [0.29, 0.717) is 5.41 Å². The second-order valence-electron chi connectivity index (χ2n) is 6.31. The van der Waals surface area contributed by atoms with Crippen LogP contribution in [-0.4, -0.2) is 41.4 Å². The molecule has 0 amide bonds. The summed E-state index contributed by atoms with van der Waals surface area (Å²) in [5, 5.41) is 8.13. The molecule has 0 unspecified atom stereocenters. The summed E-state index contributed by atoms with van der Waals surface area (Å²) in [4.78, 5) is 2.43. The molecular weight excluding hydrogens is 236 g/mol. The number of nitrogens with one attached hydrogen (secondary N) is 1. The summed E-state index contributed by atoms with van der Waals surface area (Å²) >= 11 is 0. The lowest BCUT2D eigenvalue weighted by Gasteiger charge is -2.38. The maximum Gasteiger partial charge on any atom is 0.0597 e. The van der Waals surface area contributed by atoms with Crippen LogP contribution in [0.1, 0.15) is 38.1 Å². The topological polar surface area (TPSA) is 33.1 Å².